The van der Waals surface area contributed by atoms with Gasteiger partial charge in [0.25, 0.3) is 0 Å². The van der Waals surface area contributed by atoms with Crippen LogP contribution in [0.3, 0.4) is 0 Å². The van der Waals surface area contributed by atoms with Crippen LogP contribution in [0.15, 0.2) is 54.6 Å². The molecule has 3 heteroatoms. The van der Waals surface area contributed by atoms with E-state index in [1.54, 1.807) is 14.2 Å². The van der Waals surface area contributed by atoms with Crippen molar-refractivity contribution in [3.05, 3.63) is 65.7 Å². The number of benzene rings is 2. The van der Waals surface area contributed by atoms with Gasteiger partial charge in [0.15, 0.2) is 0 Å². The fraction of sp³-hybridized carbons (Fsp3) is 0.333. The Labute approximate surface area is 126 Å². The second-order valence-corrected chi connectivity index (χ2v) is 5.08. The molecule has 3 nitrogen and oxygen atoms in total. The van der Waals surface area contributed by atoms with E-state index in [0.29, 0.717) is 6.61 Å². The van der Waals surface area contributed by atoms with E-state index in [4.69, 9.17) is 9.47 Å². The molecule has 0 aromatic heterocycles. The monoisotopic (exact) mass is 285 g/mol. The van der Waals surface area contributed by atoms with E-state index in [2.05, 4.69) is 48.6 Å². The molecule has 2 atom stereocenters. The van der Waals surface area contributed by atoms with Gasteiger partial charge >= 0.3 is 0 Å². The molecule has 0 radical (unpaired) electrons. The maximum atomic E-state index is 5.35. The van der Waals surface area contributed by atoms with Crippen molar-refractivity contribution in [2.75, 3.05) is 20.8 Å². The molecule has 2 aromatic rings. The van der Waals surface area contributed by atoms with Crippen molar-refractivity contribution in [3.63, 3.8) is 0 Å². The molecule has 0 amide bonds. The zero-order valence-corrected chi connectivity index (χ0v) is 12.9. The summed E-state index contributed by atoms with van der Waals surface area (Å²) in [6.07, 6.45) is 0. The first-order valence-corrected chi connectivity index (χ1v) is 7.18. The maximum Gasteiger partial charge on any atom is 0.118 e. The van der Waals surface area contributed by atoms with E-state index in [1.165, 1.54) is 11.1 Å². The van der Waals surface area contributed by atoms with Crippen molar-refractivity contribution in [3.8, 4) is 5.75 Å². The van der Waals surface area contributed by atoms with Gasteiger partial charge in [-0.3, -0.25) is 0 Å². The molecule has 0 spiro atoms. The molecule has 0 aliphatic heterocycles. The molecule has 2 rings (SSSR count). The molecule has 2 aromatic carbocycles. The third-order valence-corrected chi connectivity index (χ3v) is 3.60. The van der Waals surface area contributed by atoms with E-state index in [-0.39, 0.29) is 12.1 Å². The third kappa shape index (κ3) is 4.31. The quantitative estimate of drug-likeness (QED) is 0.840. The van der Waals surface area contributed by atoms with Gasteiger partial charge in [-0.05, 0) is 30.2 Å². The number of methoxy groups -OCH3 is 2. The van der Waals surface area contributed by atoms with E-state index in [0.717, 1.165) is 5.75 Å². The minimum Gasteiger partial charge on any atom is -0.497 e. The fourth-order valence-corrected chi connectivity index (χ4v) is 2.38. The lowest BCUT2D eigenvalue weighted by Crippen LogP contribution is -2.28. The molecule has 0 saturated heterocycles. The maximum absolute atomic E-state index is 5.35. The lowest BCUT2D eigenvalue weighted by Gasteiger charge is -2.23. The van der Waals surface area contributed by atoms with Crippen LogP contribution in [0.4, 0.5) is 0 Å². The van der Waals surface area contributed by atoms with Crippen LogP contribution < -0.4 is 10.1 Å². The third-order valence-electron chi connectivity index (χ3n) is 3.60. The van der Waals surface area contributed by atoms with E-state index in [1.807, 2.05) is 18.2 Å². The van der Waals surface area contributed by atoms with Crippen molar-refractivity contribution in [2.24, 2.45) is 0 Å². The van der Waals surface area contributed by atoms with Crippen LogP contribution >= 0.6 is 0 Å². The van der Waals surface area contributed by atoms with Crippen LogP contribution in [0.5, 0.6) is 5.75 Å². The summed E-state index contributed by atoms with van der Waals surface area (Å²) in [5, 5.41) is 3.62. The van der Waals surface area contributed by atoms with Crippen LogP contribution in [0.1, 0.15) is 30.1 Å². The topological polar surface area (TPSA) is 30.5 Å². The number of ether oxygens (including phenoxy) is 2. The summed E-state index contributed by atoms with van der Waals surface area (Å²) >= 11 is 0. The minimum absolute atomic E-state index is 0.174. The van der Waals surface area contributed by atoms with E-state index >= 15 is 0 Å². The lowest BCUT2D eigenvalue weighted by molar-refractivity contribution is 0.162. The number of hydrogen-bond acceptors (Lipinski definition) is 3. The van der Waals surface area contributed by atoms with Crippen LogP contribution in [0.25, 0.3) is 0 Å². The Morgan fingerprint density at radius 3 is 2.14 bits per heavy atom. The molecular formula is C18H23NO2. The Bertz CT molecular complexity index is 525. The first kappa shape index (κ1) is 15.5. The van der Waals surface area contributed by atoms with Crippen molar-refractivity contribution in [1.82, 2.24) is 5.32 Å². The Balaban J connectivity index is 2.08. The molecule has 0 fully saturated rings. The predicted octanol–water partition coefficient (Wildman–Crippen LogP) is 3.73. The molecule has 1 N–H and O–H groups in total. The van der Waals surface area contributed by atoms with Crippen LogP contribution in [0.2, 0.25) is 0 Å². The molecule has 0 saturated carbocycles. The Kier molecular flexibility index (Phi) is 5.78. The molecule has 0 bridgehead atoms. The zero-order chi connectivity index (χ0) is 15.1. The van der Waals surface area contributed by atoms with Gasteiger partial charge in [0, 0.05) is 13.2 Å². The smallest absolute Gasteiger partial charge is 0.118 e. The molecule has 0 heterocycles. The van der Waals surface area contributed by atoms with Crippen LogP contribution in [0, 0.1) is 0 Å². The summed E-state index contributed by atoms with van der Waals surface area (Å²) in [7, 11) is 3.41. The first-order chi connectivity index (χ1) is 10.2. The highest BCUT2D eigenvalue weighted by Gasteiger charge is 2.15. The highest BCUT2D eigenvalue weighted by molar-refractivity contribution is 5.29. The average Bonchev–Trinajstić information content (AvgIpc) is 2.55. The highest BCUT2D eigenvalue weighted by atomic mass is 16.5. The lowest BCUT2D eigenvalue weighted by atomic mass is 10.0. The van der Waals surface area contributed by atoms with Gasteiger partial charge in [0.05, 0.1) is 19.8 Å². The van der Waals surface area contributed by atoms with Gasteiger partial charge < -0.3 is 14.8 Å². The highest BCUT2D eigenvalue weighted by Crippen LogP contribution is 2.21. The summed E-state index contributed by atoms with van der Waals surface area (Å²) < 4.78 is 10.5. The first-order valence-electron chi connectivity index (χ1n) is 7.18. The number of rotatable bonds is 7. The average molecular weight is 285 g/mol. The minimum atomic E-state index is 0.174. The molecule has 21 heavy (non-hydrogen) atoms. The van der Waals surface area contributed by atoms with E-state index in [9.17, 15) is 0 Å². The number of hydrogen-bond donors (Lipinski definition) is 1. The largest absolute Gasteiger partial charge is 0.497 e. The van der Waals surface area contributed by atoms with Crippen LogP contribution in [-0.2, 0) is 4.74 Å². The van der Waals surface area contributed by atoms with Crippen molar-refractivity contribution >= 4 is 0 Å². The molecule has 112 valence electrons. The predicted molar refractivity (Wildman–Crippen MR) is 85.6 cm³/mol. The van der Waals surface area contributed by atoms with Crippen molar-refractivity contribution < 1.29 is 9.47 Å². The number of nitrogens with one attached hydrogen (secondary N) is 1. The summed E-state index contributed by atoms with van der Waals surface area (Å²) in [6.45, 7) is 2.80. The van der Waals surface area contributed by atoms with Gasteiger partial charge in [-0.2, -0.15) is 0 Å². The van der Waals surface area contributed by atoms with Gasteiger partial charge in [0.2, 0.25) is 0 Å². The van der Waals surface area contributed by atoms with Gasteiger partial charge in [-0.15, -0.1) is 0 Å². The Morgan fingerprint density at radius 1 is 0.905 bits per heavy atom. The standard InChI is InChI=1S/C18H23NO2/c1-14(15-9-11-17(21-3)12-10-15)19-18(13-20-2)16-7-5-4-6-8-16/h4-12,14,18-19H,13H2,1-3H3/t14-,18?/m1/s1. The SMILES string of the molecule is COCC(N[C@H](C)c1ccc(OC)cc1)c1ccccc1. The van der Waals surface area contributed by atoms with Gasteiger partial charge in [-0.25, -0.2) is 0 Å². The van der Waals surface area contributed by atoms with Crippen molar-refractivity contribution in [1.29, 1.82) is 0 Å². The van der Waals surface area contributed by atoms with Crippen molar-refractivity contribution in [2.45, 2.75) is 19.0 Å². The van der Waals surface area contributed by atoms with Gasteiger partial charge in [0.1, 0.15) is 5.75 Å². The van der Waals surface area contributed by atoms with Gasteiger partial charge in [-0.1, -0.05) is 42.5 Å². The summed E-state index contributed by atoms with van der Waals surface area (Å²) in [6, 6.07) is 18.9. The molecular weight excluding hydrogens is 262 g/mol. The summed E-state index contributed by atoms with van der Waals surface area (Å²) in [4.78, 5) is 0. The summed E-state index contributed by atoms with van der Waals surface area (Å²) in [5.41, 5.74) is 2.47. The fourth-order valence-electron chi connectivity index (χ4n) is 2.38. The Hall–Kier alpha value is -1.84. The molecule has 1 unspecified atom stereocenters. The second kappa shape index (κ2) is 7.81. The van der Waals surface area contributed by atoms with E-state index < -0.39 is 0 Å². The Morgan fingerprint density at radius 2 is 1.57 bits per heavy atom. The molecule has 0 aliphatic carbocycles. The summed E-state index contributed by atoms with van der Waals surface area (Å²) in [5.74, 6) is 0.877. The zero-order valence-electron chi connectivity index (χ0n) is 12.9. The second-order valence-electron chi connectivity index (χ2n) is 5.08. The normalized spacial score (nSPS) is 13.7. The van der Waals surface area contributed by atoms with Crippen LogP contribution in [-0.4, -0.2) is 20.8 Å². The molecule has 0 aliphatic rings.